The molecule has 406 valence electrons. The van der Waals surface area contributed by atoms with Gasteiger partial charge in [0.1, 0.15) is 19.3 Å². The minimum Gasteiger partial charge on any atom is -0.756 e. The molecule has 0 aromatic rings. The fourth-order valence-electron chi connectivity index (χ4n) is 8.51. The third kappa shape index (κ3) is 51.0. The Balaban J connectivity index is 5.33. The Morgan fingerprint density at radius 2 is 0.870 bits per heavy atom. The van der Waals surface area contributed by atoms with Gasteiger partial charge in [0.25, 0.3) is 7.82 Å². The van der Waals surface area contributed by atoms with Crippen molar-refractivity contribution in [2.45, 2.75) is 290 Å². The number of ether oxygens (including phenoxy) is 1. The van der Waals surface area contributed by atoms with Crippen LogP contribution in [-0.4, -0.2) is 69.4 Å². The number of hydrogen-bond acceptors (Lipinski definition) is 7. The van der Waals surface area contributed by atoms with Crippen LogP contribution in [0, 0.1) is 0 Å². The molecule has 3 unspecified atom stereocenters. The summed E-state index contributed by atoms with van der Waals surface area (Å²) in [5.41, 5.74) is 0. The number of rotatable bonds is 53. The highest BCUT2D eigenvalue weighted by Crippen LogP contribution is 2.38. The first-order valence-corrected chi connectivity index (χ1v) is 30.8. The van der Waals surface area contributed by atoms with Crippen LogP contribution < -0.4 is 10.2 Å². The van der Waals surface area contributed by atoms with E-state index in [9.17, 15) is 19.0 Å². The van der Waals surface area contributed by atoms with Crippen molar-refractivity contribution in [1.29, 1.82) is 0 Å². The predicted molar refractivity (Wildman–Crippen MR) is 293 cm³/mol. The molecule has 0 bridgehead atoms. The molecule has 0 heterocycles. The maximum absolute atomic E-state index is 13.5. The van der Waals surface area contributed by atoms with Gasteiger partial charge < -0.3 is 28.5 Å². The smallest absolute Gasteiger partial charge is 0.306 e. The summed E-state index contributed by atoms with van der Waals surface area (Å²) in [6, 6.07) is -0.888. The molecule has 0 spiro atoms. The first-order valence-electron chi connectivity index (χ1n) is 29.3. The molecule has 10 heteroatoms. The van der Waals surface area contributed by atoms with Gasteiger partial charge in [-0.1, -0.05) is 244 Å². The van der Waals surface area contributed by atoms with Gasteiger partial charge in [-0.25, -0.2) is 0 Å². The molecule has 0 fully saturated rings. The van der Waals surface area contributed by atoms with E-state index in [0.717, 1.165) is 77.0 Å². The van der Waals surface area contributed by atoms with E-state index in [2.05, 4.69) is 50.4 Å². The van der Waals surface area contributed by atoms with E-state index in [0.29, 0.717) is 17.4 Å². The standard InChI is InChI=1S/C59H113N2O7P/c1-7-10-13-16-19-22-25-28-30-32-33-36-39-42-45-48-51-58(62)60-56(55-67-69(64,65)66-54-53-61(4,5)6)57(50-47-44-41-38-35-27-24-21-18-15-12-9-3)68-59(63)52-49-46-43-40-37-34-31-29-26-23-20-17-14-11-8-2/h20,23,26,29,47,50,56-57H,7-19,21-22,24-25,27-28,30-46,48-49,51-55H2,1-6H3,(H-,60,62,64,65)/b23-20+,29-26+,50-47+. The molecule has 0 rings (SSSR count). The highest BCUT2D eigenvalue weighted by atomic mass is 31.2. The van der Waals surface area contributed by atoms with Crippen molar-refractivity contribution >= 4 is 19.7 Å². The maximum atomic E-state index is 13.5. The number of nitrogens with one attached hydrogen (secondary N) is 1. The van der Waals surface area contributed by atoms with E-state index in [1.807, 2.05) is 33.3 Å². The number of hydrogen-bond donors (Lipinski definition) is 1. The Kier molecular flexibility index (Phi) is 48.5. The molecule has 1 amide bonds. The van der Waals surface area contributed by atoms with E-state index >= 15 is 0 Å². The Hall–Kier alpha value is -1.77. The number of unbranched alkanes of at least 4 members (excludes halogenated alkanes) is 34. The number of likely N-dealkylation sites (N-methyl/N-ethyl adjacent to an activating group) is 1. The van der Waals surface area contributed by atoms with Gasteiger partial charge in [-0.3, -0.25) is 14.2 Å². The molecule has 0 aliphatic heterocycles. The number of quaternary nitrogens is 1. The first kappa shape index (κ1) is 67.2. The van der Waals surface area contributed by atoms with E-state index < -0.39 is 20.0 Å². The molecule has 0 aliphatic carbocycles. The third-order valence-corrected chi connectivity index (χ3v) is 14.1. The van der Waals surface area contributed by atoms with Gasteiger partial charge in [-0.05, 0) is 57.4 Å². The SMILES string of the molecule is CCCCC/C=C/C=C/CCCCCCCCC(=O)OC(/C=C/CCCCCCCCCCCC)C(COP(=O)([O-])OCC[N+](C)(C)C)NC(=O)CCCCCCCCCCCCCCCCCC. The number of amides is 1. The number of nitrogens with zero attached hydrogens (tertiary/aromatic N) is 1. The molecule has 0 saturated heterocycles. The van der Waals surface area contributed by atoms with Gasteiger partial charge in [0.05, 0.1) is 33.8 Å². The number of phosphoric ester groups is 1. The van der Waals surface area contributed by atoms with Crippen molar-refractivity contribution in [2.24, 2.45) is 0 Å². The predicted octanol–water partition coefficient (Wildman–Crippen LogP) is 16.9. The Bertz CT molecular complexity index is 1280. The molecule has 0 aromatic carbocycles. The van der Waals surface area contributed by atoms with Crippen LogP contribution in [0.1, 0.15) is 278 Å². The summed E-state index contributed by atoms with van der Waals surface area (Å²) in [5, 5.41) is 3.02. The molecule has 3 atom stereocenters. The molecule has 69 heavy (non-hydrogen) atoms. The zero-order valence-electron chi connectivity index (χ0n) is 46.3. The minimum absolute atomic E-state index is 0.0222. The lowest BCUT2D eigenvalue weighted by molar-refractivity contribution is -0.870. The molecular weight excluding hydrogens is 880 g/mol. The summed E-state index contributed by atoms with van der Waals surface area (Å²) >= 11 is 0. The zero-order chi connectivity index (χ0) is 50.8. The fourth-order valence-corrected chi connectivity index (χ4v) is 9.24. The first-order chi connectivity index (χ1) is 33.4. The summed E-state index contributed by atoms with van der Waals surface area (Å²) in [6.45, 7) is 6.82. The molecule has 0 radical (unpaired) electrons. The van der Waals surface area contributed by atoms with Gasteiger partial charge in [-0.15, -0.1) is 0 Å². The van der Waals surface area contributed by atoms with Gasteiger partial charge in [-0.2, -0.15) is 0 Å². The highest BCUT2D eigenvalue weighted by molar-refractivity contribution is 7.45. The van der Waals surface area contributed by atoms with Crippen LogP contribution in [0.5, 0.6) is 0 Å². The lowest BCUT2D eigenvalue weighted by atomic mass is 10.0. The monoisotopic (exact) mass is 993 g/mol. The van der Waals surface area contributed by atoms with Crippen LogP contribution in [0.15, 0.2) is 36.5 Å². The van der Waals surface area contributed by atoms with Crippen molar-refractivity contribution in [3.8, 4) is 0 Å². The van der Waals surface area contributed by atoms with E-state index in [-0.39, 0.29) is 31.5 Å². The Morgan fingerprint density at radius 3 is 1.30 bits per heavy atom. The minimum atomic E-state index is -4.69. The second-order valence-electron chi connectivity index (χ2n) is 21.2. The number of carbonyl (C=O) groups excluding carboxylic acids is 2. The Labute approximate surface area is 427 Å². The van der Waals surface area contributed by atoms with Gasteiger partial charge in [0, 0.05) is 12.8 Å². The van der Waals surface area contributed by atoms with E-state index in [1.54, 1.807) is 0 Å². The van der Waals surface area contributed by atoms with Crippen LogP contribution in [0.25, 0.3) is 0 Å². The molecule has 0 aromatic heterocycles. The molecule has 9 nitrogen and oxygen atoms in total. The lowest BCUT2D eigenvalue weighted by Gasteiger charge is -2.30. The van der Waals surface area contributed by atoms with Gasteiger partial charge in [0.2, 0.25) is 5.91 Å². The zero-order valence-corrected chi connectivity index (χ0v) is 47.2. The summed E-state index contributed by atoms with van der Waals surface area (Å²) in [6.07, 6.45) is 58.1. The van der Waals surface area contributed by atoms with Crippen LogP contribution >= 0.6 is 7.82 Å². The summed E-state index contributed by atoms with van der Waals surface area (Å²) in [7, 11) is 1.19. The summed E-state index contributed by atoms with van der Waals surface area (Å²) in [4.78, 5) is 39.9. The van der Waals surface area contributed by atoms with Crippen molar-refractivity contribution in [1.82, 2.24) is 5.32 Å². The molecular formula is C59H113N2O7P. The van der Waals surface area contributed by atoms with Crippen molar-refractivity contribution in [2.75, 3.05) is 40.9 Å². The molecule has 1 N–H and O–H groups in total. The third-order valence-electron chi connectivity index (χ3n) is 13.1. The second-order valence-corrected chi connectivity index (χ2v) is 22.6. The Morgan fingerprint density at radius 1 is 0.507 bits per heavy atom. The van der Waals surface area contributed by atoms with Crippen LogP contribution in [0.2, 0.25) is 0 Å². The van der Waals surface area contributed by atoms with E-state index in [1.165, 1.54) is 167 Å². The normalized spacial score (nSPS) is 14.0. The maximum Gasteiger partial charge on any atom is 0.306 e. The van der Waals surface area contributed by atoms with Crippen LogP contribution in [0.3, 0.4) is 0 Å². The average molecular weight is 994 g/mol. The highest BCUT2D eigenvalue weighted by Gasteiger charge is 2.27. The number of phosphoric acid groups is 1. The van der Waals surface area contributed by atoms with Gasteiger partial charge in [0.15, 0.2) is 0 Å². The number of carbonyl (C=O) groups is 2. The van der Waals surface area contributed by atoms with E-state index in [4.69, 9.17) is 13.8 Å². The quantitative estimate of drug-likeness (QED) is 0.0161. The average Bonchev–Trinajstić information content (AvgIpc) is 3.31. The topological polar surface area (TPSA) is 114 Å². The van der Waals surface area contributed by atoms with Crippen molar-refractivity contribution in [3.63, 3.8) is 0 Å². The second kappa shape index (κ2) is 49.8. The van der Waals surface area contributed by atoms with Crippen LogP contribution in [0.4, 0.5) is 0 Å². The van der Waals surface area contributed by atoms with Crippen molar-refractivity contribution in [3.05, 3.63) is 36.5 Å². The summed E-state index contributed by atoms with van der Waals surface area (Å²) in [5.74, 6) is -0.544. The van der Waals surface area contributed by atoms with Crippen LogP contribution in [-0.2, 0) is 27.9 Å². The summed E-state index contributed by atoms with van der Waals surface area (Å²) < 4.78 is 30.2. The van der Waals surface area contributed by atoms with Gasteiger partial charge >= 0.3 is 5.97 Å². The fraction of sp³-hybridized carbons (Fsp3) is 0.864. The lowest BCUT2D eigenvalue weighted by Crippen LogP contribution is -2.47. The number of esters is 1. The molecule has 0 saturated carbocycles. The largest absolute Gasteiger partial charge is 0.756 e. The molecule has 0 aliphatic rings. The van der Waals surface area contributed by atoms with Crippen molar-refractivity contribution < 1.29 is 37.3 Å². The number of allylic oxidation sites excluding steroid dienone is 5.